The minimum absolute atomic E-state index is 0.205. The summed E-state index contributed by atoms with van der Waals surface area (Å²) in [6.45, 7) is 16.0. The van der Waals surface area contributed by atoms with Gasteiger partial charge >= 0.3 is 0 Å². The molecule has 0 spiro atoms. The average molecular weight is 269 g/mol. The third-order valence-corrected chi connectivity index (χ3v) is 5.29. The van der Waals surface area contributed by atoms with Crippen LogP contribution < -0.4 is 5.73 Å². The fourth-order valence-electron chi connectivity index (χ4n) is 3.20. The molecule has 1 rings (SSSR count). The average Bonchev–Trinajstić information content (AvgIpc) is 2.37. The fourth-order valence-corrected chi connectivity index (χ4v) is 3.20. The minimum atomic E-state index is 0.205. The molecule has 114 valence electrons. The SMILES string of the molecule is CCCN1CCC(CN)(N(C)C(C)C(C)(C)C)CC1. The Bertz CT molecular complexity index is 262. The van der Waals surface area contributed by atoms with E-state index in [0.29, 0.717) is 11.5 Å². The van der Waals surface area contributed by atoms with Crippen molar-refractivity contribution in [2.45, 2.75) is 65.5 Å². The first-order valence-corrected chi connectivity index (χ1v) is 7.92. The second-order valence-electron chi connectivity index (χ2n) is 7.42. The van der Waals surface area contributed by atoms with Crippen molar-refractivity contribution in [3.63, 3.8) is 0 Å². The molecule has 3 heteroatoms. The summed E-state index contributed by atoms with van der Waals surface area (Å²) in [4.78, 5) is 5.15. The van der Waals surface area contributed by atoms with Crippen LogP contribution in [0.4, 0.5) is 0 Å². The summed E-state index contributed by atoms with van der Waals surface area (Å²) in [5.74, 6) is 0. The van der Waals surface area contributed by atoms with Crippen molar-refractivity contribution >= 4 is 0 Å². The summed E-state index contributed by atoms with van der Waals surface area (Å²) in [6.07, 6.45) is 3.67. The number of likely N-dealkylation sites (N-methyl/N-ethyl adjacent to an activating group) is 1. The van der Waals surface area contributed by atoms with Crippen LogP contribution in [0.5, 0.6) is 0 Å². The van der Waals surface area contributed by atoms with Gasteiger partial charge in [-0.3, -0.25) is 4.90 Å². The van der Waals surface area contributed by atoms with Crippen molar-refractivity contribution in [1.82, 2.24) is 9.80 Å². The Hall–Kier alpha value is -0.120. The number of nitrogens with zero attached hydrogens (tertiary/aromatic N) is 2. The van der Waals surface area contributed by atoms with Crippen molar-refractivity contribution in [3.05, 3.63) is 0 Å². The molecule has 1 heterocycles. The Labute approximate surface area is 120 Å². The van der Waals surface area contributed by atoms with Crippen molar-refractivity contribution in [3.8, 4) is 0 Å². The van der Waals surface area contributed by atoms with Gasteiger partial charge in [-0.15, -0.1) is 0 Å². The lowest BCUT2D eigenvalue weighted by Crippen LogP contribution is -2.62. The highest BCUT2D eigenvalue weighted by Crippen LogP contribution is 2.34. The van der Waals surface area contributed by atoms with Gasteiger partial charge in [0.05, 0.1) is 0 Å². The van der Waals surface area contributed by atoms with Gasteiger partial charge in [0.2, 0.25) is 0 Å². The largest absolute Gasteiger partial charge is 0.329 e. The summed E-state index contributed by atoms with van der Waals surface area (Å²) in [7, 11) is 2.28. The molecule has 0 aliphatic carbocycles. The highest BCUT2D eigenvalue weighted by molar-refractivity contribution is 4.98. The highest BCUT2D eigenvalue weighted by atomic mass is 15.2. The molecular formula is C16H35N3. The van der Waals surface area contributed by atoms with Crippen molar-refractivity contribution < 1.29 is 0 Å². The molecule has 19 heavy (non-hydrogen) atoms. The van der Waals surface area contributed by atoms with Crippen molar-refractivity contribution in [2.24, 2.45) is 11.1 Å². The minimum Gasteiger partial charge on any atom is -0.329 e. The van der Waals surface area contributed by atoms with E-state index >= 15 is 0 Å². The molecule has 0 aromatic rings. The van der Waals surface area contributed by atoms with Crippen molar-refractivity contribution in [2.75, 3.05) is 33.2 Å². The van der Waals surface area contributed by atoms with E-state index in [1.165, 1.54) is 38.9 Å². The predicted molar refractivity (Wildman–Crippen MR) is 84.4 cm³/mol. The summed E-state index contributed by atoms with van der Waals surface area (Å²) >= 11 is 0. The van der Waals surface area contributed by atoms with Crippen LogP contribution in [0, 0.1) is 5.41 Å². The standard InChI is InChI=1S/C16H35N3/c1-7-10-19-11-8-16(13-17,9-12-19)18(6)14(2)15(3,4)5/h14H,7-13,17H2,1-6H3. The van der Waals surface area contributed by atoms with E-state index in [-0.39, 0.29) is 5.54 Å². The summed E-state index contributed by atoms with van der Waals surface area (Å²) in [5, 5.41) is 0. The first-order valence-electron chi connectivity index (χ1n) is 7.92. The molecule has 0 saturated carbocycles. The molecule has 0 bridgehead atoms. The zero-order valence-electron chi connectivity index (χ0n) is 14.0. The van der Waals surface area contributed by atoms with Crippen LogP contribution in [0.1, 0.15) is 53.9 Å². The molecular weight excluding hydrogens is 234 g/mol. The van der Waals surface area contributed by atoms with E-state index in [2.05, 4.69) is 51.5 Å². The lowest BCUT2D eigenvalue weighted by atomic mass is 9.80. The third kappa shape index (κ3) is 3.93. The van der Waals surface area contributed by atoms with Gasteiger partial charge in [-0.05, 0) is 58.3 Å². The predicted octanol–water partition coefficient (Wildman–Crippen LogP) is 2.56. The fraction of sp³-hybridized carbons (Fsp3) is 1.00. The number of piperidine rings is 1. The van der Waals surface area contributed by atoms with E-state index in [4.69, 9.17) is 5.73 Å². The lowest BCUT2D eigenvalue weighted by molar-refractivity contribution is -0.0107. The maximum absolute atomic E-state index is 6.18. The van der Waals surface area contributed by atoms with Crippen LogP contribution in [-0.2, 0) is 0 Å². The molecule has 1 aliphatic rings. The third-order valence-electron chi connectivity index (χ3n) is 5.29. The van der Waals surface area contributed by atoms with Crippen LogP contribution in [0.3, 0.4) is 0 Å². The van der Waals surface area contributed by atoms with E-state index in [1.807, 2.05) is 0 Å². The van der Waals surface area contributed by atoms with Crippen molar-refractivity contribution in [1.29, 1.82) is 0 Å². The van der Waals surface area contributed by atoms with Gasteiger partial charge in [-0.2, -0.15) is 0 Å². The monoisotopic (exact) mass is 269 g/mol. The molecule has 0 amide bonds. The number of hydrogen-bond donors (Lipinski definition) is 1. The van der Waals surface area contributed by atoms with E-state index < -0.39 is 0 Å². The van der Waals surface area contributed by atoms with Gasteiger partial charge < -0.3 is 10.6 Å². The van der Waals surface area contributed by atoms with Gasteiger partial charge in [0, 0.05) is 18.1 Å². The lowest BCUT2D eigenvalue weighted by Gasteiger charge is -2.52. The molecule has 2 N–H and O–H groups in total. The normalized spacial score (nSPS) is 22.7. The topological polar surface area (TPSA) is 32.5 Å². The Morgan fingerprint density at radius 1 is 1.26 bits per heavy atom. The Morgan fingerprint density at radius 3 is 2.16 bits per heavy atom. The molecule has 0 aromatic heterocycles. The molecule has 1 atom stereocenters. The van der Waals surface area contributed by atoms with E-state index in [1.54, 1.807) is 0 Å². The first kappa shape index (κ1) is 16.9. The van der Waals surface area contributed by atoms with Crippen LogP contribution in [0.15, 0.2) is 0 Å². The van der Waals surface area contributed by atoms with Gasteiger partial charge in [0.25, 0.3) is 0 Å². The molecule has 1 saturated heterocycles. The highest BCUT2D eigenvalue weighted by Gasteiger charge is 2.41. The maximum Gasteiger partial charge on any atom is 0.0356 e. The van der Waals surface area contributed by atoms with Gasteiger partial charge in [-0.25, -0.2) is 0 Å². The van der Waals surface area contributed by atoms with Gasteiger partial charge in [0.15, 0.2) is 0 Å². The van der Waals surface area contributed by atoms with Crippen LogP contribution in [-0.4, -0.2) is 54.6 Å². The van der Waals surface area contributed by atoms with Crippen LogP contribution in [0.2, 0.25) is 0 Å². The number of likely N-dealkylation sites (tertiary alicyclic amines) is 1. The molecule has 0 aromatic carbocycles. The summed E-state index contributed by atoms with van der Waals surface area (Å²) < 4.78 is 0. The Morgan fingerprint density at radius 2 is 1.79 bits per heavy atom. The van der Waals surface area contributed by atoms with Crippen LogP contribution in [0.25, 0.3) is 0 Å². The Balaban J connectivity index is 2.72. The van der Waals surface area contributed by atoms with Gasteiger partial charge in [0.1, 0.15) is 0 Å². The zero-order valence-corrected chi connectivity index (χ0v) is 14.0. The summed E-state index contributed by atoms with van der Waals surface area (Å²) in [5.41, 5.74) is 6.69. The molecule has 1 aliphatic heterocycles. The first-order chi connectivity index (χ1) is 8.77. The number of hydrogen-bond acceptors (Lipinski definition) is 3. The number of nitrogens with two attached hydrogens (primary N) is 1. The smallest absolute Gasteiger partial charge is 0.0356 e. The summed E-state index contributed by atoms with van der Waals surface area (Å²) in [6, 6.07) is 0.550. The number of rotatable bonds is 5. The molecule has 1 fully saturated rings. The molecule has 3 nitrogen and oxygen atoms in total. The van der Waals surface area contributed by atoms with Crippen LogP contribution >= 0.6 is 0 Å². The van der Waals surface area contributed by atoms with E-state index in [0.717, 1.165) is 6.54 Å². The second-order valence-corrected chi connectivity index (χ2v) is 7.42. The van der Waals surface area contributed by atoms with E-state index in [9.17, 15) is 0 Å². The Kier molecular flexibility index (Phi) is 5.84. The quantitative estimate of drug-likeness (QED) is 0.832. The maximum atomic E-state index is 6.18. The zero-order chi connectivity index (χ0) is 14.7. The molecule has 1 unspecified atom stereocenters. The second kappa shape index (κ2) is 6.55. The molecule has 0 radical (unpaired) electrons. The van der Waals surface area contributed by atoms with Gasteiger partial charge in [-0.1, -0.05) is 27.7 Å².